The minimum Gasteiger partial charge on any atom is -0.399 e. The highest BCUT2D eigenvalue weighted by Gasteiger charge is 1.84. The average Bonchev–Trinajstić information content (AvgIpc) is 2.04. The average molecular weight is 148 g/mol. The molecule has 2 heteroatoms. The Kier molecular flexibility index (Phi) is 2.55. The first kappa shape index (κ1) is 7.66. The molecule has 1 rings (SSSR count). The Morgan fingerprint density at radius 1 is 1.09 bits per heavy atom. The summed E-state index contributed by atoms with van der Waals surface area (Å²) in [6.45, 7) is 0. The highest BCUT2D eigenvalue weighted by Crippen LogP contribution is 1.99. The first-order valence-electron chi connectivity index (χ1n) is 3.55. The van der Waals surface area contributed by atoms with E-state index in [9.17, 15) is 0 Å². The first-order valence-corrected chi connectivity index (χ1v) is 3.55. The third-order valence-electron chi connectivity index (χ3n) is 1.38. The first-order chi connectivity index (χ1) is 5.29. The number of hydrogen-bond donors (Lipinski definition) is 2. The van der Waals surface area contributed by atoms with Crippen molar-refractivity contribution in [1.29, 1.82) is 0 Å². The number of nitrogens with two attached hydrogens (primary N) is 2. The second kappa shape index (κ2) is 3.66. The van der Waals surface area contributed by atoms with Crippen molar-refractivity contribution in [2.24, 2.45) is 11.5 Å². The van der Waals surface area contributed by atoms with Gasteiger partial charge in [-0.2, -0.15) is 0 Å². The maximum atomic E-state index is 5.59. The van der Waals surface area contributed by atoms with Gasteiger partial charge in [0.05, 0.1) is 0 Å². The van der Waals surface area contributed by atoms with Crippen molar-refractivity contribution < 1.29 is 0 Å². The van der Waals surface area contributed by atoms with Crippen molar-refractivity contribution in [1.82, 2.24) is 0 Å². The third-order valence-corrected chi connectivity index (χ3v) is 1.38. The van der Waals surface area contributed by atoms with Crippen molar-refractivity contribution in [2.75, 3.05) is 0 Å². The van der Waals surface area contributed by atoms with Crippen LogP contribution in [0.15, 0.2) is 47.9 Å². The van der Waals surface area contributed by atoms with Gasteiger partial charge in [0.15, 0.2) is 0 Å². The Morgan fingerprint density at radius 2 is 1.91 bits per heavy atom. The zero-order valence-corrected chi connectivity index (χ0v) is 6.33. The molecule has 0 spiro atoms. The van der Waals surface area contributed by atoms with Crippen LogP contribution in [0, 0.1) is 0 Å². The molecule has 0 aromatic rings. The summed E-state index contributed by atoms with van der Waals surface area (Å²) in [4.78, 5) is 0. The number of hydrogen-bond acceptors (Lipinski definition) is 2. The second-order valence-corrected chi connectivity index (χ2v) is 2.37. The molecule has 1 aliphatic carbocycles. The van der Waals surface area contributed by atoms with E-state index in [0.29, 0.717) is 0 Å². The third kappa shape index (κ3) is 2.76. The van der Waals surface area contributed by atoms with Gasteiger partial charge in [-0.15, -0.1) is 0 Å². The van der Waals surface area contributed by atoms with Crippen LogP contribution < -0.4 is 11.5 Å². The summed E-state index contributed by atoms with van der Waals surface area (Å²) in [5.41, 5.74) is 12.7. The van der Waals surface area contributed by atoms with Crippen LogP contribution in [0.1, 0.15) is 6.42 Å². The predicted molar refractivity (Wildman–Crippen MR) is 47.4 cm³/mol. The number of rotatable bonds is 0. The second-order valence-electron chi connectivity index (χ2n) is 2.37. The van der Waals surface area contributed by atoms with Crippen molar-refractivity contribution in [3.63, 3.8) is 0 Å². The van der Waals surface area contributed by atoms with Crippen LogP contribution >= 0.6 is 0 Å². The van der Waals surface area contributed by atoms with E-state index in [-0.39, 0.29) is 0 Å². The van der Waals surface area contributed by atoms with Gasteiger partial charge in [-0.25, -0.2) is 0 Å². The lowest BCUT2D eigenvalue weighted by molar-refractivity contribution is 1.29. The SMILES string of the molecule is NC1=C/C=C/C(N)=C\C/C=C\1. The fraction of sp³-hybridized carbons (Fsp3) is 0.111. The molecule has 0 saturated carbocycles. The predicted octanol–water partition coefficient (Wildman–Crippen LogP) is 1.19. The zero-order chi connectivity index (χ0) is 8.10. The topological polar surface area (TPSA) is 52.0 Å². The summed E-state index contributed by atoms with van der Waals surface area (Å²) in [7, 11) is 0. The molecule has 58 valence electrons. The summed E-state index contributed by atoms with van der Waals surface area (Å²) in [6.07, 6.45) is 12.1. The Morgan fingerprint density at radius 3 is 2.73 bits per heavy atom. The van der Waals surface area contributed by atoms with Crippen molar-refractivity contribution in [3.05, 3.63) is 47.9 Å². The van der Waals surface area contributed by atoms with Crippen LogP contribution in [0.5, 0.6) is 0 Å². The summed E-state index contributed by atoms with van der Waals surface area (Å²) >= 11 is 0. The molecule has 0 aromatic heterocycles. The molecule has 0 heterocycles. The molecule has 0 bridgehead atoms. The van der Waals surface area contributed by atoms with E-state index < -0.39 is 0 Å². The molecular formula is C9H12N2. The lowest BCUT2D eigenvalue weighted by Gasteiger charge is -1.87. The van der Waals surface area contributed by atoms with Crippen LogP contribution in [0.3, 0.4) is 0 Å². The maximum Gasteiger partial charge on any atom is 0.0310 e. The Hall–Kier alpha value is -1.44. The zero-order valence-electron chi connectivity index (χ0n) is 6.33. The molecule has 0 radical (unpaired) electrons. The van der Waals surface area contributed by atoms with Crippen molar-refractivity contribution in [3.8, 4) is 0 Å². The molecule has 0 unspecified atom stereocenters. The van der Waals surface area contributed by atoms with Gasteiger partial charge in [0.25, 0.3) is 0 Å². The van der Waals surface area contributed by atoms with Crippen molar-refractivity contribution >= 4 is 0 Å². The summed E-state index contributed by atoms with van der Waals surface area (Å²) in [5, 5.41) is 0. The van der Waals surface area contributed by atoms with Gasteiger partial charge in [-0.1, -0.05) is 18.2 Å². The minimum absolute atomic E-state index is 0.754. The maximum absolute atomic E-state index is 5.59. The summed E-state index contributed by atoms with van der Waals surface area (Å²) in [5.74, 6) is 0. The molecule has 0 atom stereocenters. The fourth-order valence-electron chi connectivity index (χ4n) is 0.802. The molecule has 0 saturated heterocycles. The minimum atomic E-state index is 0.754. The van der Waals surface area contributed by atoms with E-state index in [1.807, 2.05) is 36.5 Å². The van der Waals surface area contributed by atoms with Gasteiger partial charge in [-0.05, 0) is 24.6 Å². The molecule has 2 nitrogen and oxygen atoms in total. The molecule has 0 aliphatic heterocycles. The van der Waals surface area contributed by atoms with Gasteiger partial charge >= 0.3 is 0 Å². The monoisotopic (exact) mass is 148 g/mol. The summed E-state index contributed by atoms with van der Waals surface area (Å²) < 4.78 is 0. The van der Waals surface area contributed by atoms with Crippen LogP contribution in [0.4, 0.5) is 0 Å². The molecule has 0 fully saturated rings. The Bertz CT molecular complexity index is 244. The smallest absolute Gasteiger partial charge is 0.0310 e. The molecular weight excluding hydrogens is 136 g/mol. The molecule has 1 aliphatic rings. The van der Waals surface area contributed by atoms with Crippen LogP contribution in [-0.2, 0) is 0 Å². The lowest BCUT2D eigenvalue weighted by Crippen LogP contribution is -1.91. The van der Waals surface area contributed by atoms with Gasteiger partial charge in [0.2, 0.25) is 0 Å². The summed E-state index contributed by atoms with van der Waals surface area (Å²) in [6, 6.07) is 0. The highest BCUT2D eigenvalue weighted by molar-refractivity contribution is 5.27. The quantitative estimate of drug-likeness (QED) is 0.542. The Labute approximate surface area is 66.6 Å². The van der Waals surface area contributed by atoms with Gasteiger partial charge in [0.1, 0.15) is 0 Å². The normalized spacial score (nSPS) is 33.1. The van der Waals surface area contributed by atoms with Crippen LogP contribution in [-0.4, -0.2) is 0 Å². The van der Waals surface area contributed by atoms with E-state index in [1.54, 1.807) is 0 Å². The number of allylic oxidation sites excluding steroid dienone is 6. The van der Waals surface area contributed by atoms with Crippen molar-refractivity contribution in [2.45, 2.75) is 6.42 Å². The molecule has 0 aromatic carbocycles. The molecule has 11 heavy (non-hydrogen) atoms. The fourth-order valence-corrected chi connectivity index (χ4v) is 0.802. The van der Waals surface area contributed by atoms with E-state index >= 15 is 0 Å². The lowest BCUT2D eigenvalue weighted by atomic mass is 10.3. The largest absolute Gasteiger partial charge is 0.399 e. The van der Waals surface area contributed by atoms with E-state index in [1.165, 1.54) is 0 Å². The molecule has 0 amide bonds. The molecule has 4 N–H and O–H groups in total. The Balaban J connectivity index is 2.81. The standard InChI is InChI=1S/C9H12N2/c10-8-4-1-2-5-9(11)7-3-6-8/h1,3-7H,2,10-11H2/b4-1-,7-3+,8-6+,9-5+. The van der Waals surface area contributed by atoms with E-state index in [2.05, 4.69) is 0 Å². The van der Waals surface area contributed by atoms with Gasteiger partial charge in [0, 0.05) is 11.4 Å². The highest BCUT2D eigenvalue weighted by atomic mass is 14.6. The van der Waals surface area contributed by atoms with Crippen LogP contribution in [0.25, 0.3) is 0 Å². The van der Waals surface area contributed by atoms with Crippen LogP contribution in [0.2, 0.25) is 0 Å². The van der Waals surface area contributed by atoms with Gasteiger partial charge < -0.3 is 11.5 Å². The van der Waals surface area contributed by atoms with Gasteiger partial charge in [-0.3, -0.25) is 0 Å². The van der Waals surface area contributed by atoms with E-state index in [0.717, 1.165) is 17.8 Å². The van der Waals surface area contributed by atoms with E-state index in [4.69, 9.17) is 11.5 Å².